The molecule has 1 atom stereocenters. The maximum absolute atomic E-state index is 12.0. The number of likely N-dealkylation sites (N-methyl/N-ethyl adjacent to an activating group) is 1. The Labute approximate surface area is 123 Å². The van der Waals surface area contributed by atoms with Gasteiger partial charge in [0.15, 0.2) is 0 Å². The van der Waals surface area contributed by atoms with E-state index in [-0.39, 0.29) is 29.3 Å². The van der Waals surface area contributed by atoms with E-state index in [1.165, 1.54) is 23.4 Å². The van der Waals surface area contributed by atoms with Crippen molar-refractivity contribution in [2.75, 3.05) is 20.6 Å². The second-order valence-corrected chi connectivity index (χ2v) is 6.65. The Morgan fingerprint density at radius 1 is 1.58 bits per heavy atom. The zero-order valence-electron chi connectivity index (χ0n) is 10.9. The summed E-state index contributed by atoms with van der Waals surface area (Å²) in [5, 5.41) is 1.44. The highest BCUT2D eigenvalue weighted by Crippen LogP contribution is 2.20. The van der Waals surface area contributed by atoms with Crippen LogP contribution in [0.3, 0.4) is 0 Å². The van der Waals surface area contributed by atoms with E-state index in [9.17, 15) is 13.2 Å². The van der Waals surface area contributed by atoms with Gasteiger partial charge in [-0.15, -0.1) is 23.7 Å². The van der Waals surface area contributed by atoms with Crippen molar-refractivity contribution in [3.8, 4) is 0 Å². The van der Waals surface area contributed by atoms with Crippen LogP contribution in [0.1, 0.15) is 16.6 Å². The van der Waals surface area contributed by atoms with E-state index in [4.69, 9.17) is 5.73 Å². The quantitative estimate of drug-likeness (QED) is 0.823. The number of nitrogens with two attached hydrogens (primary N) is 1. The first-order valence-corrected chi connectivity index (χ1v) is 7.69. The number of thiophene rings is 1. The third-order valence-electron chi connectivity index (χ3n) is 2.69. The number of hydrogen-bond acceptors (Lipinski definition) is 5. The average Bonchev–Trinajstić information content (AvgIpc) is 2.86. The molecule has 9 heteroatoms. The molecule has 0 bridgehead atoms. The van der Waals surface area contributed by atoms with Gasteiger partial charge in [0, 0.05) is 25.0 Å². The second-order valence-electron chi connectivity index (χ2n) is 3.86. The number of hydrogen-bond donors (Lipinski definition) is 2. The summed E-state index contributed by atoms with van der Waals surface area (Å²) in [7, 11) is -0.522. The van der Waals surface area contributed by atoms with E-state index in [1.807, 2.05) is 6.92 Å². The van der Waals surface area contributed by atoms with Crippen molar-refractivity contribution < 1.29 is 13.2 Å². The third-order valence-corrected chi connectivity index (χ3v) is 5.15. The minimum absolute atomic E-state index is 0. The minimum Gasteiger partial charge on any atom is -0.337 e. The standard InChI is InChI=1S/C10H17N3O3S2.ClH/c1-7(5-11)13(3)10(14)9-4-8(6-17-9)18(15,16)12-2;/h4,6-7,12H,5,11H2,1-3H3;1H. The highest BCUT2D eigenvalue weighted by atomic mass is 35.5. The average molecular weight is 328 g/mol. The van der Waals surface area contributed by atoms with Gasteiger partial charge in [0.25, 0.3) is 5.91 Å². The van der Waals surface area contributed by atoms with E-state index in [0.29, 0.717) is 11.4 Å². The number of nitrogens with zero attached hydrogens (tertiary/aromatic N) is 1. The van der Waals surface area contributed by atoms with Gasteiger partial charge in [-0.3, -0.25) is 4.79 Å². The summed E-state index contributed by atoms with van der Waals surface area (Å²) in [4.78, 5) is 14.0. The molecule has 3 N–H and O–H groups in total. The van der Waals surface area contributed by atoms with Crippen LogP contribution in [0.4, 0.5) is 0 Å². The first-order valence-electron chi connectivity index (χ1n) is 5.32. The molecule has 1 aromatic rings. The number of carbonyl (C=O) groups excluding carboxylic acids is 1. The topological polar surface area (TPSA) is 92.5 Å². The molecule has 19 heavy (non-hydrogen) atoms. The summed E-state index contributed by atoms with van der Waals surface area (Å²) in [6.45, 7) is 2.19. The lowest BCUT2D eigenvalue weighted by atomic mass is 10.3. The van der Waals surface area contributed by atoms with E-state index in [1.54, 1.807) is 7.05 Å². The normalized spacial score (nSPS) is 12.6. The maximum atomic E-state index is 12.0. The Bertz CT molecular complexity index is 530. The van der Waals surface area contributed by atoms with Gasteiger partial charge >= 0.3 is 0 Å². The van der Waals surface area contributed by atoms with Crippen molar-refractivity contribution in [3.05, 3.63) is 16.3 Å². The molecular formula is C10H18ClN3O3S2. The Morgan fingerprint density at radius 2 is 2.16 bits per heavy atom. The molecule has 0 aromatic carbocycles. The summed E-state index contributed by atoms with van der Waals surface area (Å²) in [6, 6.07) is 1.28. The molecule has 1 unspecified atom stereocenters. The van der Waals surface area contributed by atoms with Crippen LogP contribution < -0.4 is 10.5 Å². The lowest BCUT2D eigenvalue weighted by molar-refractivity contribution is 0.0753. The highest BCUT2D eigenvalue weighted by molar-refractivity contribution is 7.89. The molecule has 0 aliphatic carbocycles. The smallest absolute Gasteiger partial charge is 0.263 e. The summed E-state index contributed by atoms with van der Waals surface area (Å²) in [5.74, 6) is -0.226. The van der Waals surface area contributed by atoms with Crippen LogP contribution in [0.15, 0.2) is 16.3 Å². The predicted octanol–water partition coefficient (Wildman–Crippen LogP) is 0.497. The fourth-order valence-corrected chi connectivity index (χ4v) is 3.21. The molecular weight excluding hydrogens is 310 g/mol. The van der Waals surface area contributed by atoms with Crippen molar-refractivity contribution in [1.29, 1.82) is 0 Å². The predicted molar refractivity (Wildman–Crippen MR) is 78.4 cm³/mol. The van der Waals surface area contributed by atoms with E-state index >= 15 is 0 Å². The van der Waals surface area contributed by atoms with E-state index in [2.05, 4.69) is 4.72 Å². The number of amides is 1. The first-order chi connectivity index (χ1) is 8.33. The van der Waals surface area contributed by atoms with Crippen molar-refractivity contribution in [2.45, 2.75) is 17.9 Å². The van der Waals surface area contributed by atoms with E-state index < -0.39 is 10.0 Å². The van der Waals surface area contributed by atoms with E-state index in [0.717, 1.165) is 11.3 Å². The fourth-order valence-electron chi connectivity index (χ4n) is 1.22. The molecule has 1 amide bonds. The van der Waals surface area contributed by atoms with Gasteiger partial charge in [-0.25, -0.2) is 13.1 Å². The van der Waals surface area contributed by atoms with Gasteiger partial charge in [0.05, 0.1) is 9.77 Å². The van der Waals surface area contributed by atoms with Gasteiger partial charge in [0.2, 0.25) is 10.0 Å². The monoisotopic (exact) mass is 327 g/mol. The summed E-state index contributed by atoms with van der Waals surface area (Å²) in [5.41, 5.74) is 5.49. The van der Waals surface area contributed by atoms with Gasteiger partial charge in [-0.05, 0) is 20.0 Å². The van der Waals surface area contributed by atoms with Crippen LogP contribution in [-0.2, 0) is 10.0 Å². The summed E-state index contributed by atoms with van der Waals surface area (Å²) < 4.78 is 25.3. The Morgan fingerprint density at radius 3 is 2.63 bits per heavy atom. The molecule has 6 nitrogen and oxygen atoms in total. The Hall–Kier alpha value is -0.670. The highest BCUT2D eigenvalue weighted by Gasteiger charge is 2.21. The lowest BCUT2D eigenvalue weighted by Gasteiger charge is -2.22. The van der Waals surface area contributed by atoms with Crippen molar-refractivity contribution >= 4 is 39.7 Å². The van der Waals surface area contributed by atoms with Crippen LogP contribution in [0.25, 0.3) is 0 Å². The summed E-state index contributed by atoms with van der Waals surface area (Å²) >= 11 is 1.10. The molecule has 1 rings (SSSR count). The zero-order valence-corrected chi connectivity index (χ0v) is 13.4. The van der Waals surface area contributed by atoms with Crippen molar-refractivity contribution in [1.82, 2.24) is 9.62 Å². The third kappa shape index (κ3) is 4.15. The number of rotatable bonds is 5. The molecule has 0 radical (unpaired) electrons. The molecule has 1 heterocycles. The number of nitrogens with one attached hydrogen (secondary N) is 1. The fraction of sp³-hybridized carbons (Fsp3) is 0.500. The van der Waals surface area contributed by atoms with Gasteiger partial charge in [0.1, 0.15) is 0 Å². The van der Waals surface area contributed by atoms with Gasteiger partial charge in [-0.2, -0.15) is 0 Å². The number of halogens is 1. The van der Waals surface area contributed by atoms with Crippen LogP contribution in [-0.4, -0.2) is 45.9 Å². The van der Waals surface area contributed by atoms with Crippen molar-refractivity contribution in [3.63, 3.8) is 0 Å². The van der Waals surface area contributed by atoms with Gasteiger partial charge < -0.3 is 10.6 Å². The molecule has 0 fully saturated rings. The number of sulfonamides is 1. The molecule has 0 spiro atoms. The molecule has 0 aliphatic rings. The molecule has 0 aliphatic heterocycles. The largest absolute Gasteiger partial charge is 0.337 e. The Balaban J connectivity index is 0.00000324. The molecule has 0 saturated carbocycles. The number of carbonyl (C=O) groups is 1. The lowest BCUT2D eigenvalue weighted by Crippen LogP contribution is -2.39. The molecule has 0 saturated heterocycles. The van der Waals surface area contributed by atoms with Crippen LogP contribution in [0.5, 0.6) is 0 Å². The van der Waals surface area contributed by atoms with Crippen LogP contribution in [0.2, 0.25) is 0 Å². The van der Waals surface area contributed by atoms with Crippen molar-refractivity contribution in [2.24, 2.45) is 5.73 Å². The zero-order chi connectivity index (χ0) is 13.9. The SMILES string of the molecule is CNS(=O)(=O)c1csc(C(=O)N(C)C(C)CN)c1.Cl. The molecule has 1 aromatic heterocycles. The maximum Gasteiger partial charge on any atom is 0.263 e. The minimum atomic E-state index is -3.50. The van der Waals surface area contributed by atoms with Gasteiger partial charge in [-0.1, -0.05) is 0 Å². The first kappa shape index (κ1) is 18.3. The second kappa shape index (κ2) is 7.20. The Kier molecular flexibility index (Phi) is 6.95. The molecule has 110 valence electrons. The van der Waals surface area contributed by atoms with Crippen LogP contribution in [0, 0.1) is 0 Å². The van der Waals surface area contributed by atoms with Crippen LogP contribution >= 0.6 is 23.7 Å². The summed E-state index contributed by atoms with van der Waals surface area (Å²) in [6.07, 6.45) is 0.